The zero-order valence-electron chi connectivity index (χ0n) is 10.8. The highest BCUT2D eigenvalue weighted by atomic mass is 15.2. The molecule has 0 N–H and O–H groups in total. The van der Waals surface area contributed by atoms with Crippen LogP contribution in [0.3, 0.4) is 0 Å². The summed E-state index contributed by atoms with van der Waals surface area (Å²) in [6.07, 6.45) is 4.19. The molecule has 0 saturated heterocycles. The molecule has 2 atom stereocenters. The normalized spacial score (nSPS) is 33.6. The molecule has 0 radical (unpaired) electrons. The average molecular weight is 197 g/mol. The topological polar surface area (TPSA) is 3.24 Å². The summed E-state index contributed by atoms with van der Waals surface area (Å²) in [7, 11) is 2.28. The molecule has 0 aromatic carbocycles. The van der Waals surface area contributed by atoms with Gasteiger partial charge < -0.3 is 4.90 Å². The van der Waals surface area contributed by atoms with Gasteiger partial charge in [-0.3, -0.25) is 0 Å². The maximum Gasteiger partial charge on any atom is 0.0100 e. The predicted molar refractivity (Wildman–Crippen MR) is 63.5 cm³/mol. The molecule has 1 aliphatic carbocycles. The fraction of sp³-hybridized carbons (Fsp3) is 1.00. The fourth-order valence-electron chi connectivity index (χ4n) is 2.53. The Bertz CT molecular complexity index is 186. The van der Waals surface area contributed by atoms with Crippen LogP contribution >= 0.6 is 0 Å². The SMILES string of the molecule is CC(C)N(C)C1CCC(C)(C(C)C)C1. The summed E-state index contributed by atoms with van der Waals surface area (Å²) in [5.41, 5.74) is 0.591. The van der Waals surface area contributed by atoms with Gasteiger partial charge in [0, 0.05) is 12.1 Å². The summed E-state index contributed by atoms with van der Waals surface area (Å²) in [4.78, 5) is 2.55. The smallest absolute Gasteiger partial charge is 0.0100 e. The molecule has 0 aromatic heterocycles. The molecule has 0 aliphatic heterocycles. The molecular formula is C13H27N. The highest BCUT2D eigenvalue weighted by Crippen LogP contribution is 2.45. The molecule has 84 valence electrons. The van der Waals surface area contributed by atoms with E-state index in [1.54, 1.807) is 0 Å². The molecule has 1 heteroatoms. The van der Waals surface area contributed by atoms with Crippen LogP contribution in [0.25, 0.3) is 0 Å². The van der Waals surface area contributed by atoms with Gasteiger partial charge in [0.1, 0.15) is 0 Å². The van der Waals surface area contributed by atoms with E-state index in [9.17, 15) is 0 Å². The third-order valence-electron chi connectivity index (χ3n) is 4.53. The quantitative estimate of drug-likeness (QED) is 0.669. The summed E-state index contributed by atoms with van der Waals surface area (Å²) in [5, 5.41) is 0. The van der Waals surface area contributed by atoms with E-state index >= 15 is 0 Å². The number of rotatable bonds is 3. The lowest BCUT2D eigenvalue weighted by molar-refractivity contribution is 0.161. The molecule has 1 fully saturated rings. The van der Waals surface area contributed by atoms with Gasteiger partial charge in [-0.25, -0.2) is 0 Å². The van der Waals surface area contributed by atoms with Gasteiger partial charge in [-0.1, -0.05) is 20.8 Å². The molecule has 2 unspecified atom stereocenters. The van der Waals surface area contributed by atoms with Gasteiger partial charge in [0.2, 0.25) is 0 Å². The molecule has 1 nitrogen and oxygen atoms in total. The predicted octanol–water partition coefficient (Wildman–Crippen LogP) is 3.54. The standard InChI is InChI=1S/C13H27N/c1-10(2)13(5)8-7-12(9-13)14(6)11(3)4/h10-12H,7-9H2,1-6H3. The van der Waals surface area contributed by atoms with Gasteiger partial charge in [0.25, 0.3) is 0 Å². The van der Waals surface area contributed by atoms with Crippen LogP contribution in [-0.2, 0) is 0 Å². The van der Waals surface area contributed by atoms with Gasteiger partial charge in [-0.15, -0.1) is 0 Å². The van der Waals surface area contributed by atoms with E-state index in [2.05, 4.69) is 46.6 Å². The molecule has 0 spiro atoms. The fourth-order valence-corrected chi connectivity index (χ4v) is 2.53. The zero-order valence-corrected chi connectivity index (χ0v) is 10.8. The van der Waals surface area contributed by atoms with Crippen molar-refractivity contribution in [1.82, 2.24) is 4.90 Å². The second kappa shape index (κ2) is 4.22. The Labute approximate surface area is 89.9 Å². The van der Waals surface area contributed by atoms with Crippen LogP contribution < -0.4 is 0 Å². The van der Waals surface area contributed by atoms with E-state index in [4.69, 9.17) is 0 Å². The molecule has 0 heterocycles. The first-order valence-electron chi connectivity index (χ1n) is 6.09. The first kappa shape index (κ1) is 12.0. The van der Waals surface area contributed by atoms with E-state index in [1.807, 2.05) is 0 Å². The lowest BCUT2D eigenvalue weighted by Crippen LogP contribution is -2.36. The summed E-state index contributed by atoms with van der Waals surface area (Å²) in [6, 6.07) is 1.51. The summed E-state index contributed by atoms with van der Waals surface area (Å²) in [6.45, 7) is 11.8. The van der Waals surface area contributed by atoms with E-state index < -0.39 is 0 Å². The molecule has 0 bridgehead atoms. The van der Waals surface area contributed by atoms with Crippen molar-refractivity contribution in [3.05, 3.63) is 0 Å². The lowest BCUT2D eigenvalue weighted by atomic mass is 9.77. The van der Waals surface area contributed by atoms with E-state index in [0.717, 1.165) is 12.0 Å². The molecule has 1 aliphatic rings. The van der Waals surface area contributed by atoms with Crippen molar-refractivity contribution < 1.29 is 0 Å². The third-order valence-corrected chi connectivity index (χ3v) is 4.53. The summed E-state index contributed by atoms with van der Waals surface area (Å²) in [5.74, 6) is 0.827. The number of nitrogens with zero attached hydrogens (tertiary/aromatic N) is 1. The Morgan fingerprint density at radius 2 is 1.79 bits per heavy atom. The maximum absolute atomic E-state index is 2.55. The Morgan fingerprint density at radius 3 is 2.14 bits per heavy atom. The number of hydrogen-bond acceptors (Lipinski definition) is 1. The van der Waals surface area contributed by atoms with Crippen molar-refractivity contribution in [2.24, 2.45) is 11.3 Å². The molecule has 1 saturated carbocycles. The van der Waals surface area contributed by atoms with Crippen molar-refractivity contribution in [1.29, 1.82) is 0 Å². The Hall–Kier alpha value is -0.0400. The van der Waals surface area contributed by atoms with Gasteiger partial charge in [0.05, 0.1) is 0 Å². The van der Waals surface area contributed by atoms with Gasteiger partial charge in [0.15, 0.2) is 0 Å². The molecular weight excluding hydrogens is 170 g/mol. The summed E-state index contributed by atoms with van der Waals surface area (Å²) < 4.78 is 0. The zero-order chi connectivity index (χ0) is 10.9. The van der Waals surface area contributed by atoms with Crippen molar-refractivity contribution in [2.75, 3.05) is 7.05 Å². The third kappa shape index (κ3) is 2.31. The first-order chi connectivity index (χ1) is 6.37. The first-order valence-corrected chi connectivity index (χ1v) is 6.09. The van der Waals surface area contributed by atoms with Crippen molar-refractivity contribution in [3.63, 3.8) is 0 Å². The second-order valence-electron chi connectivity index (χ2n) is 5.96. The van der Waals surface area contributed by atoms with Crippen LogP contribution in [0.2, 0.25) is 0 Å². The highest BCUT2D eigenvalue weighted by molar-refractivity contribution is 4.92. The molecule has 0 amide bonds. The van der Waals surface area contributed by atoms with Crippen molar-refractivity contribution >= 4 is 0 Å². The largest absolute Gasteiger partial charge is 0.301 e. The van der Waals surface area contributed by atoms with Crippen molar-refractivity contribution in [2.45, 2.75) is 66.0 Å². The van der Waals surface area contributed by atoms with E-state index in [0.29, 0.717) is 11.5 Å². The van der Waals surface area contributed by atoms with Crippen LogP contribution in [0.15, 0.2) is 0 Å². The Kier molecular flexibility index (Phi) is 3.63. The van der Waals surface area contributed by atoms with Crippen LogP contribution in [0.5, 0.6) is 0 Å². The van der Waals surface area contributed by atoms with Crippen LogP contribution in [0, 0.1) is 11.3 Å². The van der Waals surface area contributed by atoms with Crippen molar-refractivity contribution in [3.8, 4) is 0 Å². The van der Waals surface area contributed by atoms with E-state index in [1.165, 1.54) is 19.3 Å². The Morgan fingerprint density at radius 1 is 1.21 bits per heavy atom. The highest BCUT2D eigenvalue weighted by Gasteiger charge is 2.39. The average Bonchev–Trinajstić information content (AvgIpc) is 2.48. The van der Waals surface area contributed by atoms with Crippen LogP contribution in [-0.4, -0.2) is 24.0 Å². The molecule has 1 rings (SSSR count). The van der Waals surface area contributed by atoms with Gasteiger partial charge in [-0.05, 0) is 51.5 Å². The Balaban J connectivity index is 2.57. The molecule has 14 heavy (non-hydrogen) atoms. The lowest BCUT2D eigenvalue weighted by Gasteiger charge is -2.32. The number of hydrogen-bond donors (Lipinski definition) is 0. The minimum Gasteiger partial charge on any atom is -0.301 e. The maximum atomic E-state index is 2.55. The van der Waals surface area contributed by atoms with Crippen LogP contribution in [0.1, 0.15) is 53.9 Å². The monoisotopic (exact) mass is 197 g/mol. The molecule has 0 aromatic rings. The van der Waals surface area contributed by atoms with Gasteiger partial charge >= 0.3 is 0 Å². The van der Waals surface area contributed by atoms with Crippen LogP contribution in [0.4, 0.5) is 0 Å². The summed E-state index contributed by atoms with van der Waals surface area (Å²) >= 11 is 0. The van der Waals surface area contributed by atoms with Gasteiger partial charge in [-0.2, -0.15) is 0 Å². The minimum absolute atomic E-state index is 0.591. The van der Waals surface area contributed by atoms with E-state index in [-0.39, 0.29) is 0 Å². The minimum atomic E-state index is 0.591. The second-order valence-corrected chi connectivity index (χ2v) is 5.96.